The van der Waals surface area contributed by atoms with Crippen molar-refractivity contribution in [2.45, 2.75) is 38.8 Å². The Morgan fingerprint density at radius 1 is 1.09 bits per heavy atom. The van der Waals surface area contributed by atoms with Crippen LogP contribution in [-0.4, -0.2) is 36.0 Å². The normalized spacial score (nSPS) is 12.4. The van der Waals surface area contributed by atoms with Crippen LogP contribution in [0.15, 0.2) is 52.9 Å². The maximum atomic E-state index is 13.0. The number of ether oxygens (including phenoxy) is 2. The van der Waals surface area contributed by atoms with Crippen LogP contribution in [0.3, 0.4) is 0 Å². The number of benzene rings is 2. The van der Waals surface area contributed by atoms with E-state index in [1.165, 1.54) is 29.7 Å². The first kappa shape index (κ1) is 25.1. The van der Waals surface area contributed by atoms with Crippen molar-refractivity contribution in [1.29, 1.82) is 0 Å². The zero-order valence-electron chi connectivity index (χ0n) is 18.1. The van der Waals surface area contributed by atoms with E-state index in [0.717, 1.165) is 0 Å². The third-order valence-electron chi connectivity index (χ3n) is 4.76. The highest BCUT2D eigenvalue weighted by molar-refractivity contribution is 5.99. The molecule has 0 bridgehead atoms. The van der Waals surface area contributed by atoms with Gasteiger partial charge >= 0.3 is 6.18 Å². The second-order valence-corrected chi connectivity index (χ2v) is 7.35. The summed E-state index contributed by atoms with van der Waals surface area (Å²) in [6.07, 6.45) is -4.22. The van der Waals surface area contributed by atoms with E-state index in [1.54, 1.807) is 24.3 Å². The second-order valence-electron chi connectivity index (χ2n) is 7.35. The second kappa shape index (κ2) is 11.0. The number of carbonyl (C=O) groups excluding carboxylic acids is 2. The third kappa shape index (κ3) is 6.49. The first-order chi connectivity index (χ1) is 16.2. The van der Waals surface area contributed by atoms with Gasteiger partial charge in [-0.2, -0.15) is 13.2 Å². The van der Waals surface area contributed by atoms with Gasteiger partial charge in [0.25, 0.3) is 11.8 Å². The average molecular weight is 480 g/mol. The minimum absolute atomic E-state index is 0.164. The van der Waals surface area contributed by atoms with Gasteiger partial charge in [0, 0.05) is 22.9 Å². The number of alkyl halides is 3. The first-order valence-electron chi connectivity index (χ1n) is 10.4. The monoisotopic (exact) mass is 480 g/mol. The summed E-state index contributed by atoms with van der Waals surface area (Å²) >= 11 is 0. The van der Waals surface area contributed by atoms with Gasteiger partial charge in [-0.1, -0.05) is 31.5 Å². The van der Waals surface area contributed by atoms with Crippen molar-refractivity contribution in [3.05, 3.63) is 65.4 Å². The number of carbonyl (C=O) groups is 2. The molecule has 0 saturated carbocycles. The van der Waals surface area contributed by atoms with E-state index in [1.807, 2.05) is 6.92 Å². The van der Waals surface area contributed by atoms with Gasteiger partial charge in [0.2, 0.25) is 0 Å². The molecule has 3 rings (SSSR count). The number of hydrogen-bond acceptors (Lipinski definition) is 6. The molecule has 182 valence electrons. The highest BCUT2D eigenvalue weighted by Crippen LogP contribution is 2.28. The van der Waals surface area contributed by atoms with Crippen molar-refractivity contribution in [2.24, 2.45) is 0 Å². The highest BCUT2D eigenvalue weighted by atomic mass is 19.4. The Morgan fingerprint density at radius 3 is 2.44 bits per heavy atom. The van der Waals surface area contributed by atoms with E-state index in [-0.39, 0.29) is 16.9 Å². The topological polar surface area (TPSA) is 110 Å². The molecule has 11 heteroatoms. The zero-order chi connectivity index (χ0) is 24.7. The molecule has 0 aliphatic heterocycles. The molecular formula is C23H23F3N2O6. The van der Waals surface area contributed by atoms with Gasteiger partial charge < -0.3 is 19.2 Å². The Morgan fingerprint density at radius 2 is 1.79 bits per heavy atom. The van der Waals surface area contributed by atoms with Gasteiger partial charge in [-0.15, -0.1) is 0 Å². The molecule has 34 heavy (non-hydrogen) atoms. The summed E-state index contributed by atoms with van der Waals surface area (Å²) in [6, 6.07) is 12.4. The van der Waals surface area contributed by atoms with E-state index in [4.69, 9.17) is 19.1 Å². The summed E-state index contributed by atoms with van der Waals surface area (Å²) in [5.74, 6) is -1.17. The van der Waals surface area contributed by atoms with Crippen molar-refractivity contribution in [3.63, 3.8) is 0 Å². The number of fused-ring (bicyclic) bond motifs is 1. The largest absolute Gasteiger partial charge is 0.471 e. The van der Waals surface area contributed by atoms with Crippen molar-refractivity contribution >= 4 is 22.8 Å². The van der Waals surface area contributed by atoms with Crippen LogP contribution in [0, 0.1) is 0 Å². The lowest BCUT2D eigenvalue weighted by atomic mass is 10.1. The molecule has 8 nitrogen and oxygen atoms in total. The van der Waals surface area contributed by atoms with Crippen LogP contribution in [0.5, 0.6) is 5.75 Å². The Bertz CT molecular complexity index is 1130. The molecule has 1 atom stereocenters. The summed E-state index contributed by atoms with van der Waals surface area (Å²) < 4.78 is 53.8. The van der Waals surface area contributed by atoms with E-state index >= 15 is 0 Å². The van der Waals surface area contributed by atoms with Gasteiger partial charge in [-0.3, -0.25) is 14.8 Å². The number of furan rings is 1. The summed E-state index contributed by atoms with van der Waals surface area (Å²) in [4.78, 5) is 24.5. The number of rotatable bonds is 10. The van der Waals surface area contributed by atoms with Crippen LogP contribution in [0.1, 0.15) is 46.2 Å². The van der Waals surface area contributed by atoms with E-state index in [9.17, 15) is 22.8 Å². The smallest absolute Gasteiger partial charge is 0.411 e. The zero-order valence-corrected chi connectivity index (χ0v) is 18.1. The maximum absolute atomic E-state index is 13.0. The molecule has 2 amide bonds. The SMILES string of the molecule is CCCC(NC(=O)c1oc2ccccc2c1COCC(F)(F)F)Oc1ccc(C(=O)NO)cc1. The molecular weight excluding hydrogens is 457 g/mol. The Balaban J connectivity index is 1.78. The Hall–Kier alpha value is -3.57. The minimum atomic E-state index is -4.50. The van der Waals surface area contributed by atoms with Gasteiger partial charge in [-0.05, 0) is 30.3 Å². The van der Waals surface area contributed by atoms with Crippen LogP contribution in [0.25, 0.3) is 11.0 Å². The molecule has 2 aromatic carbocycles. The van der Waals surface area contributed by atoms with Gasteiger partial charge in [-0.25, -0.2) is 5.48 Å². The first-order valence-corrected chi connectivity index (χ1v) is 10.4. The van der Waals surface area contributed by atoms with Crippen molar-refractivity contribution in [2.75, 3.05) is 6.61 Å². The third-order valence-corrected chi connectivity index (χ3v) is 4.76. The lowest BCUT2D eigenvalue weighted by molar-refractivity contribution is -0.176. The van der Waals surface area contributed by atoms with Crippen LogP contribution in [0.2, 0.25) is 0 Å². The summed E-state index contributed by atoms with van der Waals surface area (Å²) in [7, 11) is 0. The van der Waals surface area contributed by atoms with Crippen molar-refractivity contribution < 1.29 is 41.9 Å². The Kier molecular flexibility index (Phi) is 8.13. The van der Waals surface area contributed by atoms with Crippen LogP contribution < -0.4 is 15.5 Å². The summed E-state index contributed by atoms with van der Waals surface area (Å²) in [5.41, 5.74) is 2.27. The number of nitrogens with one attached hydrogen (secondary N) is 2. The maximum Gasteiger partial charge on any atom is 0.411 e. The molecule has 1 unspecified atom stereocenters. The number of hydrogen-bond donors (Lipinski definition) is 3. The number of hydroxylamine groups is 1. The minimum Gasteiger partial charge on any atom is -0.471 e. The van der Waals surface area contributed by atoms with Gasteiger partial charge in [0.1, 0.15) is 17.9 Å². The molecule has 3 aromatic rings. The molecule has 0 aliphatic rings. The van der Waals surface area contributed by atoms with Crippen LogP contribution in [0.4, 0.5) is 13.2 Å². The molecule has 1 aromatic heterocycles. The fourth-order valence-corrected chi connectivity index (χ4v) is 3.24. The fourth-order valence-electron chi connectivity index (χ4n) is 3.24. The number of halogens is 3. The predicted molar refractivity (Wildman–Crippen MR) is 114 cm³/mol. The van der Waals surface area contributed by atoms with E-state index < -0.39 is 37.4 Å². The summed E-state index contributed by atoms with van der Waals surface area (Å²) in [5, 5.41) is 11.9. The molecule has 3 N–H and O–H groups in total. The van der Waals surface area contributed by atoms with Gasteiger partial charge in [0.15, 0.2) is 12.0 Å². The van der Waals surface area contributed by atoms with Crippen molar-refractivity contribution in [3.8, 4) is 5.75 Å². The molecule has 0 aliphatic carbocycles. The summed E-state index contributed by atoms with van der Waals surface area (Å²) in [6.45, 7) is -0.0405. The van der Waals surface area contributed by atoms with Crippen LogP contribution >= 0.6 is 0 Å². The van der Waals surface area contributed by atoms with Crippen molar-refractivity contribution in [1.82, 2.24) is 10.8 Å². The lowest BCUT2D eigenvalue weighted by Crippen LogP contribution is -2.39. The standard InChI is InChI=1S/C23H23F3N2O6/c1-2-5-19(33-15-10-8-14(9-11-15)21(29)28-31)27-22(30)20-17(12-32-13-23(24,25)26)16-6-3-4-7-18(16)34-20/h3-4,6-11,19,31H,2,5,12-13H2,1H3,(H,27,30)(H,28,29). The molecule has 0 radical (unpaired) electrons. The molecule has 0 spiro atoms. The molecule has 1 heterocycles. The molecule has 0 saturated heterocycles. The van der Waals surface area contributed by atoms with E-state index in [0.29, 0.717) is 29.6 Å². The van der Waals surface area contributed by atoms with Gasteiger partial charge in [0.05, 0.1) is 6.61 Å². The Labute approximate surface area is 192 Å². The molecule has 0 fully saturated rings. The van der Waals surface area contributed by atoms with Crippen LogP contribution in [-0.2, 0) is 11.3 Å². The van der Waals surface area contributed by atoms with E-state index in [2.05, 4.69) is 5.32 Å². The quantitative estimate of drug-likeness (QED) is 0.223. The lowest BCUT2D eigenvalue weighted by Gasteiger charge is -2.20. The number of para-hydroxylation sites is 1. The number of amides is 2. The average Bonchev–Trinajstić information content (AvgIpc) is 3.17. The fraction of sp³-hybridized carbons (Fsp3) is 0.304. The predicted octanol–water partition coefficient (Wildman–Crippen LogP) is 4.57. The highest BCUT2D eigenvalue weighted by Gasteiger charge is 2.29.